The van der Waals surface area contributed by atoms with Crippen LogP contribution in [-0.2, 0) is 101 Å². The van der Waals surface area contributed by atoms with E-state index in [1.807, 2.05) is 17.5 Å². The number of esters is 1. The molecule has 9 N–H and O–H groups in total. The summed E-state index contributed by atoms with van der Waals surface area (Å²) in [6, 6.07) is 15.2. The number of rotatable bonds is 40. The van der Waals surface area contributed by atoms with Crippen LogP contribution >= 0.6 is 43.2 Å². The van der Waals surface area contributed by atoms with Crippen LogP contribution in [0.4, 0.5) is 19.7 Å². The summed E-state index contributed by atoms with van der Waals surface area (Å²) < 4.78 is 50.6. The second kappa shape index (κ2) is 37.8. The highest BCUT2D eigenvalue weighted by molar-refractivity contribution is 9.09. The molecule has 4 aromatic heterocycles. The first-order valence-corrected chi connectivity index (χ1v) is 38.2. The minimum absolute atomic E-state index is 0.0422. The summed E-state index contributed by atoms with van der Waals surface area (Å²) in [7, 11) is 0. The Morgan fingerprint density at radius 2 is 1.53 bits per heavy atom. The molecule has 3 aromatic carbocycles. The largest absolute Gasteiger partial charge is 0.458 e. The third-order valence-electron chi connectivity index (χ3n) is 18.6. The second-order valence-electron chi connectivity index (χ2n) is 26.2. The van der Waals surface area contributed by atoms with Gasteiger partial charge in [-0.15, -0.1) is 11.3 Å². The number of carbonyl (C=O) groups excluding carboxylic acids is 8. The molecular weight excluding hydrogens is 1520 g/mol. The van der Waals surface area contributed by atoms with Gasteiger partial charge in [-0.1, -0.05) is 70.8 Å². The fourth-order valence-corrected chi connectivity index (χ4v) is 14.6. The van der Waals surface area contributed by atoms with Crippen molar-refractivity contribution in [2.75, 3.05) is 90.9 Å². The van der Waals surface area contributed by atoms with Gasteiger partial charge in [0.25, 0.3) is 11.5 Å². The van der Waals surface area contributed by atoms with Crippen molar-refractivity contribution < 1.29 is 76.3 Å². The van der Waals surface area contributed by atoms with Crippen molar-refractivity contribution in [1.82, 2.24) is 51.0 Å². The molecular formula is C74H87Br2FN12O16S. The lowest BCUT2D eigenvalue weighted by Crippen LogP contribution is -2.54. The number of halogens is 3. The van der Waals surface area contributed by atoms with Crippen LogP contribution in [0.3, 0.4) is 0 Å². The predicted octanol–water partition coefficient (Wildman–Crippen LogP) is 7.25. The standard InChI is InChI=1S/C74H87Br2FN12O16S/c1-5-74(99)53-31-62-66-51(39-89(62)70(95)52(53)41-104-71(74)96)64-56(17-15-50-43(4)54(77)32-59(86-66)63(50)64)81-36-48(91)37-88(38-49-8-7-29-106-49)73(98)105-40-44-10-13-46(14-11-44)83-68(93)57(9-6-19-80-72(78)97)87-69(94)65(42(2)3)82-35-47(90)18-21-100-23-25-102-27-28-103-26-24-101-22-20-79-67(92)45-12-16-55-58(30-45)85-61(34-76)60(33-75)84-55/h7-8,10-14,16,29-32,42,56-57,65,81-82,99H,5-6,9,15,17-28,33-41H2,1-4H3,(H,79,92)(H,83,93)(H,87,94)(H3,78,80,97)/t56-,57+,65+,74-/m1/s1. The molecule has 0 spiro atoms. The van der Waals surface area contributed by atoms with Crippen LogP contribution in [0.2, 0.25) is 0 Å². The highest BCUT2D eigenvalue weighted by Crippen LogP contribution is 2.46. The van der Waals surface area contributed by atoms with Gasteiger partial charge in [0.1, 0.15) is 30.9 Å². The fourth-order valence-electron chi connectivity index (χ4n) is 13.0. The molecule has 0 bridgehead atoms. The topological polar surface area (TPSA) is 374 Å². The number of aromatic nitrogens is 4. The van der Waals surface area contributed by atoms with Crippen LogP contribution < -0.4 is 43.2 Å². The number of cyclic esters (lactones) is 1. The van der Waals surface area contributed by atoms with Gasteiger partial charge in [0, 0.05) is 74.9 Å². The SMILES string of the molecule is CC[C@]1(O)C(=O)OCc2c1cc1n(c2=O)Cc2c-1nc1cc(F)c(C)c3c1c2[C@H](NCC(=O)CN(Cc1cccs1)C(=O)OCc1ccc(NC(=O)[C@H](CCCNC(N)=O)NC(=O)[C@@H](NCC(=O)CCOCCOCCOCCOCCNC(=O)c2ccc4nc(CBr)c(CBr)nc4c2)C(C)C)cc1)CC3. The first-order valence-electron chi connectivity index (χ1n) is 35.1. The lowest BCUT2D eigenvalue weighted by Gasteiger charge is -2.31. The molecule has 6 heterocycles. The Kier molecular flexibility index (Phi) is 28.5. The van der Waals surface area contributed by atoms with Gasteiger partial charge < -0.3 is 70.4 Å². The van der Waals surface area contributed by atoms with Gasteiger partial charge in [0.2, 0.25) is 11.8 Å². The first-order chi connectivity index (χ1) is 51.1. The Morgan fingerprint density at radius 3 is 2.21 bits per heavy atom. The van der Waals surface area contributed by atoms with E-state index in [2.05, 4.69) is 73.7 Å². The Bertz CT molecular complexity index is 4440. The van der Waals surface area contributed by atoms with Gasteiger partial charge in [-0.3, -0.25) is 39.0 Å². The van der Waals surface area contributed by atoms with Gasteiger partial charge >= 0.3 is 18.1 Å². The molecule has 1 aliphatic carbocycles. The van der Waals surface area contributed by atoms with E-state index in [0.717, 1.165) is 32.8 Å². The summed E-state index contributed by atoms with van der Waals surface area (Å²) in [5.41, 5.74) is 11.3. The van der Waals surface area contributed by atoms with Crippen molar-refractivity contribution in [1.29, 1.82) is 0 Å². The van der Waals surface area contributed by atoms with E-state index in [1.54, 1.807) is 76.2 Å². The van der Waals surface area contributed by atoms with Crippen molar-refractivity contribution in [2.45, 2.75) is 127 Å². The summed E-state index contributed by atoms with van der Waals surface area (Å²) in [4.78, 5) is 136. The number of hydrogen-bond donors (Lipinski definition) is 8. The van der Waals surface area contributed by atoms with Gasteiger partial charge in [0.15, 0.2) is 11.4 Å². The zero-order chi connectivity index (χ0) is 75.6. The Morgan fingerprint density at radius 1 is 0.821 bits per heavy atom. The lowest BCUT2D eigenvalue weighted by molar-refractivity contribution is -0.172. The lowest BCUT2D eigenvalue weighted by atomic mass is 9.81. The van der Waals surface area contributed by atoms with Crippen LogP contribution in [0.25, 0.3) is 33.3 Å². The number of nitrogens with zero attached hydrogens (tertiary/aromatic N) is 5. The number of benzene rings is 3. The molecule has 0 saturated carbocycles. The minimum atomic E-state index is -2.05. The monoisotopic (exact) mass is 1610 g/mol. The molecule has 2 aliphatic heterocycles. The third-order valence-corrected chi connectivity index (χ3v) is 20.6. The molecule has 10 rings (SSSR count). The van der Waals surface area contributed by atoms with Crippen LogP contribution in [0.5, 0.6) is 0 Å². The van der Waals surface area contributed by atoms with E-state index < -0.39 is 65.0 Å². The van der Waals surface area contributed by atoms with Crippen molar-refractivity contribution in [3.8, 4) is 11.4 Å². The van der Waals surface area contributed by atoms with Crippen molar-refractivity contribution in [2.24, 2.45) is 11.7 Å². The van der Waals surface area contributed by atoms with Crippen molar-refractivity contribution in [3.63, 3.8) is 0 Å². The number of ketones is 2. The minimum Gasteiger partial charge on any atom is -0.458 e. The first kappa shape index (κ1) is 80.0. The number of alkyl halides is 2. The van der Waals surface area contributed by atoms with Gasteiger partial charge in [-0.05, 0) is 115 Å². The van der Waals surface area contributed by atoms with Crippen molar-refractivity contribution >= 4 is 118 Å². The number of primary amides is 1. The molecule has 4 atom stereocenters. The van der Waals surface area contributed by atoms with Crippen LogP contribution in [0, 0.1) is 18.7 Å². The number of carbonyl (C=O) groups is 8. The van der Waals surface area contributed by atoms with E-state index in [0.29, 0.717) is 119 Å². The maximum absolute atomic E-state index is 15.6. The van der Waals surface area contributed by atoms with Gasteiger partial charge in [-0.2, -0.15) is 0 Å². The Hall–Kier alpha value is -8.57. The molecule has 32 heteroatoms. The molecule has 0 unspecified atom stereocenters. The van der Waals surface area contributed by atoms with E-state index in [-0.39, 0.29) is 133 Å². The number of thiophene rings is 1. The second-order valence-corrected chi connectivity index (χ2v) is 28.3. The summed E-state index contributed by atoms with van der Waals surface area (Å²) >= 11 is 8.28. The van der Waals surface area contributed by atoms with Crippen molar-refractivity contribution in [3.05, 3.63) is 149 Å². The number of urea groups is 1. The number of fused-ring (bicyclic) bond motifs is 6. The summed E-state index contributed by atoms with van der Waals surface area (Å²) in [5, 5.41) is 32.6. The number of amides is 6. The smallest absolute Gasteiger partial charge is 0.410 e. The van der Waals surface area contributed by atoms with E-state index in [1.165, 1.54) is 26.9 Å². The van der Waals surface area contributed by atoms with E-state index in [4.69, 9.17) is 39.1 Å². The molecule has 3 aliphatic rings. The number of pyridine rings is 2. The number of aryl methyl sites for hydroxylation is 1. The third kappa shape index (κ3) is 20.0. The highest BCUT2D eigenvalue weighted by Gasteiger charge is 2.46. The molecule has 0 radical (unpaired) electrons. The normalized spacial score (nSPS) is 15.5. The fraction of sp³-hybridized carbons (Fsp3) is 0.459. The van der Waals surface area contributed by atoms with Crippen LogP contribution in [-0.4, -0.2) is 175 Å². The average Bonchev–Trinajstić information content (AvgIpc) is 1.51. The van der Waals surface area contributed by atoms with Crippen LogP contribution in [0.15, 0.2) is 76.9 Å². The molecule has 566 valence electrons. The summed E-state index contributed by atoms with van der Waals surface area (Å²) in [6.07, 6.45) is 0.563. The number of ether oxygens (including phenoxy) is 6. The maximum Gasteiger partial charge on any atom is 0.410 e. The number of nitrogens with one attached hydrogen (secondary N) is 6. The molecule has 28 nitrogen and oxygen atoms in total. The Labute approximate surface area is 631 Å². The maximum atomic E-state index is 15.6. The van der Waals surface area contributed by atoms with E-state index >= 15 is 4.39 Å². The highest BCUT2D eigenvalue weighted by atomic mass is 79.9. The summed E-state index contributed by atoms with van der Waals surface area (Å²) in [5.74, 6) is -3.47. The Balaban J connectivity index is 0.647. The number of hydrogen-bond acceptors (Lipinski definition) is 22. The quantitative estimate of drug-likeness (QED) is 0.0106. The molecule has 106 heavy (non-hydrogen) atoms. The zero-order valence-corrected chi connectivity index (χ0v) is 63.3. The zero-order valence-electron chi connectivity index (χ0n) is 59.3. The number of nitrogens with two attached hydrogens (primary N) is 1. The molecule has 0 fully saturated rings. The number of anilines is 1. The number of aliphatic hydroxyl groups is 1. The summed E-state index contributed by atoms with van der Waals surface area (Å²) in [6.45, 7) is 8.62. The average molecular weight is 1610 g/mol. The molecule has 7 aromatic rings. The molecule has 6 amide bonds. The van der Waals surface area contributed by atoms with Crippen LogP contribution in [0.1, 0.15) is 124 Å². The predicted molar refractivity (Wildman–Crippen MR) is 399 cm³/mol. The number of Topliss-reactive ketones (excluding diaryl/α,β-unsaturated/α-hetero) is 2. The van der Waals surface area contributed by atoms with Gasteiger partial charge in [0.05, 0.1) is 137 Å². The van der Waals surface area contributed by atoms with E-state index in [9.17, 15) is 48.3 Å². The molecule has 0 saturated heterocycles. The van der Waals surface area contributed by atoms with Gasteiger partial charge in [-0.25, -0.2) is 33.7 Å².